The van der Waals surface area contributed by atoms with Crippen LogP contribution in [0, 0.1) is 11.6 Å². The Balaban J connectivity index is 1.54. The van der Waals surface area contributed by atoms with E-state index >= 15 is 0 Å². The number of nitrogens with one attached hydrogen (secondary N) is 1. The molecule has 148 valence electrons. The molecule has 2 heterocycles. The van der Waals surface area contributed by atoms with Crippen molar-refractivity contribution in [3.8, 4) is 0 Å². The maximum absolute atomic E-state index is 13.9. The summed E-state index contributed by atoms with van der Waals surface area (Å²) in [5.41, 5.74) is 1.19. The number of carbonyl (C=O) groups excluding carboxylic acids is 2. The molecule has 0 saturated carbocycles. The second kappa shape index (κ2) is 7.87. The minimum Gasteiger partial charge on any atom is -0.350 e. The molecule has 0 saturated heterocycles. The van der Waals surface area contributed by atoms with Gasteiger partial charge in [0.2, 0.25) is 0 Å². The fourth-order valence-corrected chi connectivity index (χ4v) is 3.54. The monoisotopic (exact) mass is 395 g/mol. The highest BCUT2D eigenvalue weighted by molar-refractivity contribution is 5.95. The summed E-state index contributed by atoms with van der Waals surface area (Å²) in [4.78, 5) is 27.1. The first-order valence-corrected chi connectivity index (χ1v) is 9.26. The van der Waals surface area contributed by atoms with Crippen molar-refractivity contribution in [3.05, 3.63) is 95.3 Å². The molecule has 1 aliphatic heterocycles. The Morgan fingerprint density at radius 1 is 1.07 bits per heavy atom. The molecule has 1 aromatic heterocycles. The number of amides is 2. The van der Waals surface area contributed by atoms with Crippen molar-refractivity contribution in [2.45, 2.75) is 19.1 Å². The number of carbonyl (C=O) groups is 2. The van der Waals surface area contributed by atoms with E-state index in [1.807, 2.05) is 41.1 Å². The highest BCUT2D eigenvalue weighted by Crippen LogP contribution is 2.21. The standard InChI is InChI=1S/C22H19F2N3O2/c23-16-8-9-19(24)18(11-16)21(28)25-12-17-14-26-10-4-7-20(26)22(29)27(17)13-15-5-2-1-3-6-15/h1-11,17H,12-14H2,(H,25,28). The molecule has 1 atom stereocenters. The average Bonchev–Trinajstić information content (AvgIpc) is 3.20. The fraction of sp³-hybridized carbons (Fsp3) is 0.182. The molecule has 0 bridgehead atoms. The maximum atomic E-state index is 13.9. The number of halogens is 2. The van der Waals surface area contributed by atoms with Gasteiger partial charge in [-0.25, -0.2) is 8.78 Å². The quantitative estimate of drug-likeness (QED) is 0.721. The van der Waals surface area contributed by atoms with Gasteiger partial charge in [-0.3, -0.25) is 9.59 Å². The summed E-state index contributed by atoms with van der Waals surface area (Å²) in [5.74, 6) is -2.33. The largest absolute Gasteiger partial charge is 0.350 e. The van der Waals surface area contributed by atoms with Crippen LogP contribution in [0.5, 0.6) is 0 Å². The summed E-state index contributed by atoms with van der Waals surface area (Å²) in [6.45, 7) is 0.998. The van der Waals surface area contributed by atoms with Gasteiger partial charge in [0.05, 0.1) is 11.6 Å². The predicted octanol–water partition coefficient (Wildman–Crippen LogP) is 3.22. The van der Waals surface area contributed by atoms with E-state index in [1.54, 1.807) is 17.0 Å². The summed E-state index contributed by atoms with van der Waals surface area (Å²) in [6.07, 6.45) is 1.81. The van der Waals surface area contributed by atoms with Crippen LogP contribution in [-0.4, -0.2) is 33.9 Å². The molecule has 0 fully saturated rings. The van der Waals surface area contributed by atoms with Crippen molar-refractivity contribution in [1.82, 2.24) is 14.8 Å². The van der Waals surface area contributed by atoms with Crippen LogP contribution < -0.4 is 5.32 Å². The smallest absolute Gasteiger partial charge is 0.271 e. The second-order valence-corrected chi connectivity index (χ2v) is 6.95. The SMILES string of the molecule is O=C(NCC1Cn2cccc2C(=O)N1Cc1ccccc1)c1cc(F)ccc1F. The molecule has 0 aliphatic carbocycles. The van der Waals surface area contributed by atoms with Gasteiger partial charge in [-0.2, -0.15) is 0 Å². The van der Waals surface area contributed by atoms with E-state index in [4.69, 9.17) is 0 Å². The minimum absolute atomic E-state index is 0.116. The Labute approximate surface area is 166 Å². The molecule has 7 heteroatoms. The van der Waals surface area contributed by atoms with E-state index < -0.39 is 17.5 Å². The Hall–Kier alpha value is -3.48. The molecular weight excluding hydrogens is 376 g/mol. The lowest BCUT2D eigenvalue weighted by Crippen LogP contribution is -2.52. The highest BCUT2D eigenvalue weighted by atomic mass is 19.1. The van der Waals surface area contributed by atoms with E-state index in [0.717, 1.165) is 23.8 Å². The van der Waals surface area contributed by atoms with E-state index in [9.17, 15) is 18.4 Å². The van der Waals surface area contributed by atoms with Gasteiger partial charge < -0.3 is 14.8 Å². The van der Waals surface area contributed by atoms with Crippen LogP contribution in [0.15, 0.2) is 66.9 Å². The maximum Gasteiger partial charge on any atom is 0.271 e. The Kier molecular flexibility index (Phi) is 5.12. The predicted molar refractivity (Wildman–Crippen MR) is 103 cm³/mol. The highest BCUT2D eigenvalue weighted by Gasteiger charge is 2.32. The average molecular weight is 395 g/mol. The van der Waals surface area contributed by atoms with Crippen LogP contribution in [0.1, 0.15) is 26.4 Å². The van der Waals surface area contributed by atoms with Crippen LogP contribution in [0.2, 0.25) is 0 Å². The van der Waals surface area contributed by atoms with Crippen molar-refractivity contribution in [1.29, 1.82) is 0 Å². The zero-order valence-electron chi connectivity index (χ0n) is 15.5. The van der Waals surface area contributed by atoms with Crippen LogP contribution in [0.3, 0.4) is 0 Å². The van der Waals surface area contributed by atoms with Gasteiger partial charge in [0, 0.05) is 25.8 Å². The molecule has 2 aromatic carbocycles. The second-order valence-electron chi connectivity index (χ2n) is 6.95. The van der Waals surface area contributed by atoms with Crippen molar-refractivity contribution in [2.24, 2.45) is 0 Å². The van der Waals surface area contributed by atoms with Crippen molar-refractivity contribution in [2.75, 3.05) is 6.54 Å². The van der Waals surface area contributed by atoms with Gasteiger partial charge in [0.15, 0.2) is 0 Å². The van der Waals surface area contributed by atoms with Crippen LogP contribution >= 0.6 is 0 Å². The number of hydrogen-bond acceptors (Lipinski definition) is 2. The third-order valence-electron chi connectivity index (χ3n) is 5.02. The molecule has 5 nitrogen and oxygen atoms in total. The molecule has 29 heavy (non-hydrogen) atoms. The first-order valence-electron chi connectivity index (χ1n) is 9.26. The van der Waals surface area contributed by atoms with Crippen molar-refractivity contribution in [3.63, 3.8) is 0 Å². The molecule has 3 aromatic rings. The van der Waals surface area contributed by atoms with Gasteiger partial charge in [-0.1, -0.05) is 30.3 Å². The summed E-state index contributed by atoms with van der Waals surface area (Å²) in [6, 6.07) is 15.5. The molecule has 4 rings (SSSR count). The molecular formula is C22H19F2N3O2. The first kappa shape index (κ1) is 18.9. The third-order valence-corrected chi connectivity index (χ3v) is 5.02. The molecule has 2 amide bonds. The van der Waals surface area contributed by atoms with E-state index in [-0.39, 0.29) is 24.1 Å². The zero-order chi connectivity index (χ0) is 20.4. The number of benzene rings is 2. The summed E-state index contributed by atoms with van der Waals surface area (Å²) < 4.78 is 29.1. The Morgan fingerprint density at radius 3 is 2.66 bits per heavy atom. The lowest BCUT2D eigenvalue weighted by atomic mass is 10.1. The van der Waals surface area contributed by atoms with Gasteiger partial charge in [-0.15, -0.1) is 0 Å². The number of nitrogens with zero attached hydrogens (tertiary/aromatic N) is 2. The molecule has 0 radical (unpaired) electrons. The van der Waals surface area contributed by atoms with Gasteiger partial charge >= 0.3 is 0 Å². The summed E-state index contributed by atoms with van der Waals surface area (Å²) >= 11 is 0. The minimum atomic E-state index is -0.794. The molecule has 0 spiro atoms. The van der Waals surface area contributed by atoms with Crippen LogP contribution in [0.25, 0.3) is 0 Å². The fourth-order valence-electron chi connectivity index (χ4n) is 3.54. The molecule has 1 aliphatic rings. The van der Waals surface area contributed by atoms with Crippen LogP contribution in [0.4, 0.5) is 8.78 Å². The summed E-state index contributed by atoms with van der Waals surface area (Å²) in [5, 5.41) is 2.64. The van der Waals surface area contributed by atoms with E-state index in [1.165, 1.54) is 0 Å². The number of fused-ring (bicyclic) bond motifs is 1. The number of hydrogen-bond donors (Lipinski definition) is 1. The van der Waals surface area contributed by atoms with Crippen molar-refractivity contribution < 1.29 is 18.4 Å². The van der Waals surface area contributed by atoms with Crippen LogP contribution in [-0.2, 0) is 13.1 Å². The Bertz CT molecular complexity index is 1050. The van der Waals surface area contributed by atoms with E-state index in [0.29, 0.717) is 18.8 Å². The first-order chi connectivity index (χ1) is 14.0. The molecule has 1 N–H and O–H groups in total. The lowest BCUT2D eigenvalue weighted by molar-refractivity contribution is 0.0563. The number of aromatic nitrogens is 1. The summed E-state index contributed by atoms with van der Waals surface area (Å²) in [7, 11) is 0. The third kappa shape index (κ3) is 3.89. The van der Waals surface area contributed by atoms with E-state index in [2.05, 4.69) is 5.32 Å². The number of rotatable bonds is 5. The van der Waals surface area contributed by atoms with Gasteiger partial charge in [0.25, 0.3) is 11.8 Å². The van der Waals surface area contributed by atoms with Gasteiger partial charge in [-0.05, 0) is 35.9 Å². The van der Waals surface area contributed by atoms with Gasteiger partial charge in [0.1, 0.15) is 17.3 Å². The normalized spacial score (nSPS) is 15.9. The van der Waals surface area contributed by atoms with Crippen molar-refractivity contribution >= 4 is 11.8 Å². The lowest BCUT2D eigenvalue weighted by Gasteiger charge is -2.37. The Morgan fingerprint density at radius 2 is 1.86 bits per heavy atom. The zero-order valence-corrected chi connectivity index (χ0v) is 15.5. The molecule has 1 unspecified atom stereocenters. The topological polar surface area (TPSA) is 54.3 Å².